The highest BCUT2D eigenvalue weighted by Gasteiger charge is 1.96. The molecule has 0 aromatic heterocycles. The average Bonchev–Trinajstić information content (AvgIpc) is 2.16. The molecule has 2 N–H and O–H groups in total. The van der Waals surface area contributed by atoms with E-state index in [1.54, 1.807) is 11.8 Å². The summed E-state index contributed by atoms with van der Waals surface area (Å²) in [7, 11) is 1.88. The lowest BCUT2D eigenvalue weighted by Gasteiger charge is -2.05. The van der Waals surface area contributed by atoms with Crippen molar-refractivity contribution in [2.75, 3.05) is 13.7 Å². The summed E-state index contributed by atoms with van der Waals surface area (Å²) in [6.45, 7) is 0.707. The molecular formula is C9H12N2S2. The molecule has 0 unspecified atom stereocenters. The summed E-state index contributed by atoms with van der Waals surface area (Å²) < 4.78 is 0.792. The number of thiocarbonyl (C=S) groups is 1. The molecule has 1 aromatic carbocycles. The third-order valence-corrected chi connectivity index (χ3v) is 2.60. The first-order valence-electron chi connectivity index (χ1n) is 3.98. The molecule has 0 heterocycles. The smallest absolute Gasteiger partial charge is 0.139 e. The minimum Gasteiger partial charge on any atom is -0.358 e. The van der Waals surface area contributed by atoms with Gasteiger partial charge in [-0.3, -0.25) is 0 Å². The Hall–Kier alpha value is -0.580. The molecule has 0 aliphatic carbocycles. The van der Waals surface area contributed by atoms with E-state index in [1.807, 2.05) is 37.4 Å². The summed E-state index contributed by atoms with van der Waals surface area (Å²) in [4.78, 5) is 1.16. The molecule has 0 saturated carbocycles. The van der Waals surface area contributed by atoms with E-state index in [4.69, 9.17) is 12.2 Å². The van der Waals surface area contributed by atoms with Crippen molar-refractivity contribution < 1.29 is 0 Å². The van der Waals surface area contributed by atoms with Gasteiger partial charge in [-0.25, -0.2) is 0 Å². The normalized spacial score (nSPS) is 9.62. The highest BCUT2D eigenvalue weighted by Crippen LogP contribution is 2.17. The first kappa shape index (κ1) is 10.5. The number of hydrogen-bond acceptors (Lipinski definition) is 3. The second-order valence-corrected chi connectivity index (χ2v) is 4.16. The summed E-state index contributed by atoms with van der Waals surface area (Å²) in [6.07, 6.45) is 0. The van der Waals surface area contributed by atoms with Gasteiger partial charge >= 0.3 is 0 Å². The average molecular weight is 212 g/mol. The fraction of sp³-hybridized carbons (Fsp3) is 0.222. The van der Waals surface area contributed by atoms with Gasteiger partial charge in [0.25, 0.3) is 0 Å². The maximum Gasteiger partial charge on any atom is 0.139 e. The van der Waals surface area contributed by atoms with Crippen molar-refractivity contribution in [2.24, 2.45) is 0 Å². The molecule has 13 heavy (non-hydrogen) atoms. The maximum atomic E-state index is 5.11. The van der Waals surface area contributed by atoms with Gasteiger partial charge < -0.3 is 10.6 Å². The van der Waals surface area contributed by atoms with Crippen LogP contribution in [0.4, 0.5) is 0 Å². The van der Waals surface area contributed by atoms with Gasteiger partial charge in [-0.05, 0) is 19.2 Å². The Balaban J connectivity index is 2.37. The fourth-order valence-electron chi connectivity index (χ4n) is 0.792. The monoisotopic (exact) mass is 212 g/mol. The molecule has 0 saturated heterocycles. The Morgan fingerprint density at radius 3 is 2.69 bits per heavy atom. The minimum atomic E-state index is 0.707. The van der Waals surface area contributed by atoms with E-state index in [-0.39, 0.29) is 0 Å². The van der Waals surface area contributed by atoms with Crippen molar-refractivity contribution in [1.82, 2.24) is 10.6 Å². The van der Waals surface area contributed by atoms with Crippen LogP contribution in [0.5, 0.6) is 0 Å². The van der Waals surface area contributed by atoms with Crippen LogP contribution in [0.2, 0.25) is 0 Å². The van der Waals surface area contributed by atoms with Crippen LogP contribution in [0.3, 0.4) is 0 Å². The molecule has 0 spiro atoms. The van der Waals surface area contributed by atoms with Crippen molar-refractivity contribution in [3.8, 4) is 0 Å². The molecule has 0 aliphatic heterocycles. The summed E-state index contributed by atoms with van der Waals surface area (Å²) in [6, 6.07) is 10.1. The van der Waals surface area contributed by atoms with Gasteiger partial charge in [0.2, 0.25) is 0 Å². The minimum absolute atomic E-state index is 0.707. The third-order valence-electron chi connectivity index (χ3n) is 1.36. The number of thioether (sulfide) groups is 1. The molecule has 4 heteroatoms. The van der Waals surface area contributed by atoms with E-state index >= 15 is 0 Å². The molecule has 1 rings (SSSR count). The van der Waals surface area contributed by atoms with Crippen LogP contribution in [0, 0.1) is 0 Å². The van der Waals surface area contributed by atoms with Gasteiger partial charge in [0, 0.05) is 4.90 Å². The molecule has 2 nitrogen and oxygen atoms in total. The fourth-order valence-corrected chi connectivity index (χ4v) is 1.80. The Labute approximate surface area is 88.1 Å². The Bertz CT molecular complexity index is 262. The van der Waals surface area contributed by atoms with E-state index in [9.17, 15) is 0 Å². The Morgan fingerprint density at radius 2 is 2.08 bits per heavy atom. The van der Waals surface area contributed by atoms with Crippen LogP contribution in [0.15, 0.2) is 35.2 Å². The standard InChI is InChI=1S/C9H12N2S2/c1-10-7-11-9(12)13-8-5-3-2-4-6-8/h2-6,10H,7H2,1H3,(H,11,12). The number of hydrogen-bond donors (Lipinski definition) is 2. The zero-order valence-corrected chi connectivity index (χ0v) is 9.04. The second-order valence-electron chi connectivity index (χ2n) is 2.41. The predicted molar refractivity (Wildman–Crippen MR) is 62.0 cm³/mol. The topological polar surface area (TPSA) is 24.1 Å². The molecule has 70 valence electrons. The molecule has 0 amide bonds. The SMILES string of the molecule is CNCNC(=S)Sc1ccccc1. The van der Waals surface area contributed by atoms with Crippen molar-refractivity contribution >= 4 is 28.3 Å². The first-order chi connectivity index (χ1) is 6.33. The van der Waals surface area contributed by atoms with E-state index in [2.05, 4.69) is 10.6 Å². The second kappa shape index (κ2) is 5.96. The van der Waals surface area contributed by atoms with Crippen LogP contribution < -0.4 is 10.6 Å². The molecular weight excluding hydrogens is 200 g/mol. The van der Waals surface area contributed by atoms with Gasteiger partial charge in [-0.1, -0.05) is 42.2 Å². The van der Waals surface area contributed by atoms with Gasteiger partial charge in [-0.15, -0.1) is 0 Å². The predicted octanol–water partition coefficient (Wildman–Crippen LogP) is 1.83. The third kappa shape index (κ3) is 4.26. The molecule has 1 aromatic rings. The molecule has 0 atom stereocenters. The highest BCUT2D eigenvalue weighted by molar-refractivity contribution is 8.23. The lowest BCUT2D eigenvalue weighted by molar-refractivity contribution is 0.772. The molecule has 0 bridgehead atoms. The summed E-state index contributed by atoms with van der Waals surface area (Å²) in [5.74, 6) is 0. The maximum absolute atomic E-state index is 5.11. The van der Waals surface area contributed by atoms with Gasteiger partial charge in [-0.2, -0.15) is 0 Å². The van der Waals surface area contributed by atoms with Gasteiger partial charge in [0.05, 0.1) is 6.67 Å². The lowest BCUT2D eigenvalue weighted by atomic mass is 10.4. The van der Waals surface area contributed by atoms with E-state index in [0.29, 0.717) is 6.67 Å². The van der Waals surface area contributed by atoms with Crippen molar-refractivity contribution in [3.05, 3.63) is 30.3 Å². The largest absolute Gasteiger partial charge is 0.358 e. The number of benzene rings is 1. The Morgan fingerprint density at radius 1 is 1.38 bits per heavy atom. The van der Waals surface area contributed by atoms with Crippen molar-refractivity contribution in [1.29, 1.82) is 0 Å². The van der Waals surface area contributed by atoms with Crippen LogP contribution in [-0.2, 0) is 0 Å². The van der Waals surface area contributed by atoms with Gasteiger partial charge in [0.1, 0.15) is 4.32 Å². The van der Waals surface area contributed by atoms with Crippen LogP contribution >= 0.6 is 24.0 Å². The zero-order chi connectivity index (χ0) is 9.52. The van der Waals surface area contributed by atoms with Gasteiger partial charge in [0.15, 0.2) is 0 Å². The zero-order valence-electron chi connectivity index (χ0n) is 7.41. The van der Waals surface area contributed by atoms with E-state index < -0.39 is 0 Å². The molecule has 0 aliphatic rings. The van der Waals surface area contributed by atoms with E-state index in [1.165, 1.54) is 0 Å². The quantitative estimate of drug-likeness (QED) is 0.453. The highest BCUT2D eigenvalue weighted by atomic mass is 32.2. The van der Waals surface area contributed by atoms with Crippen LogP contribution in [0.1, 0.15) is 0 Å². The summed E-state index contributed by atoms with van der Waals surface area (Å²) in [5.41, 5.74) is 0. The number of rotatable bonds is 3. The molecule has 0 radical (unpaired) electrons. The molecule has 0 fully saturated rings. The van der Waals surface area contributed by atoms with Crippen molar-refractivity contribution in [3.63, 3.8) is 0 Å². The van der Waals surface area contributed by atoms with Crippen LogP contribution in [-0.4, -0.2) is 18.0 Å². The Kier molecular flexibility index (Phi) is 4.82. The number of nitrogens with one attached hydrogen (secondary N) is 2. The van der Waals surface area contributed by atoms with Crippen molar-refractivity contribution in [2.45, 2.75) is 4.90 Å². The van der Waals surface area contributed by atoms with Crippen LogP contribution in [0.25, 0.3) is 0 Å². The summed E-state index contributed by atoms with van der Waals surface area (Å²) in [5, 5.41) is 6.04. The van der Waals surface area contributed by atoms with E-state index in [0.717, 1.165) is 9.22 Å². The summed E-state index contributed by atoms with van der Waals surface area (Å²) >= 11 is 6.68. The first-order valence-corrected chi connectivity index (χ1v) is 5.20. The lowest BCUT2D eigenvalue weighted by Crippen LogP contribution is -2.28.